The zero-order valence-electron chi connectivity index (χ0n) is 13.0. The molecule has 1 atom stereocenters. The minimum Gasteiger partial charge on any atom is -0.395 e. The zero-order chi connectivity index (χ0) is 17.4. The maximum absolute atomic E-state index is 12.4. The molecule has 1 N–H and O–H groups in total. The fourth-order valence-electron chi connectivity index (χ4n) is 2.06. The summed E-state index contributed by atoms with van der Waals surface area (Å²) in [5.41, 5.74) is -1.83. The van der Waals surface area contributed by atoms with Gasteiger partial charge in [-0.25, -0.2) is 28.1 Å². The van der Waals surface area contributed by atoms with Crippen LogP contribution in [0.25, 0.3) is 0 Å². The molecule has 1 heterocycles. The second-order valence-electron chi connectivity index (χ2n) is 5.03. The molecule has 0 spiro atoms. The summed E-state index contributed by atoms with van der Waals surface area (Å²) in [6.07, 6.45) is 4.61. The van der Waals surface area contributed by atoms with Gasteiger partial charge in [0.2, 0.25) is 0 Å². The number of rotatable bonds is 10. The second kappa shape index (κ2) is 9.66. The summed E-state index contributed by atoms with van der Waals surface area (Å²) >= 11 is 2.06. The lowest BCUT2D eigenvalue weighted by molar-refractivity contribution is 0.290. The summed E-state index contributed by atoms with van der Waals surface area (Å²) in [6.45, 7) is 7.66. The van der Waals surface area contributed by atoms with E-state index in [1.165, 1.54) is 0 Å². The van der Waals surface area contributed by atoms with Gasteiger partial charge in [-0.3, -0.25) is 0 Å². The monoisotopic (exact) mass is 435 g/mol. The predicted molar refractivity (Wildman–Crippen MR) is 98.4 cm³/mol. The van der Waals surface area contributed by atoms with Crippen molar-refractivity contribution in [1.82, 2.24) is 13.7 Å². The van der Waals surface area contributed by atoms with Gasteiger partial charge in [-0.15, -0.1) is 13.2 Å². The van der Waals surface area contributed by atoms with Crippen LogP contribution in [0.5, 0.6) is 0 Å². The number of aliphatic hydroxyl groups excluding tert-OH is 1. The third kappa shape index (κ3) is 5.03. The Balaban J connectivity index is 3.38. The molecule has 23 heavy (non-hydrogen) atoms. The molecule has 0 aliphatic heterocycles. The first-order valence-corrected chi connectivity index (χ1v) is 8.63. The molecule has 128 valence electrons. The van der Waals surface area contributed by atoms with Crippen LogP contribution >= 0.6 is 22.6 Å². The average molecular weight is 435 g/mol. The highest BCUT2D eigenvalue weighted by molar-refractivity contribution is 14.1. The van der Waals surface area contributed by atoms with Crippen molar-refractivity contribution in [2.24, 2.45) is 0 Å². The van der Waals surface area contributed by atoms with Crippen LogP contribution in [0, 0.1) is 0 Å². The van der Waals surface area contributed by atoms with E-state index in [0.29, 0.717) is 19.3 Å². The van der Waals surface area contributed by atoms with Crippen molar-refractivity contribution >= 4 is 22.6 Å². The van der Waals surface area contributed by atoms with E-state index < -0.39 is 17.1 Å². The summed E-state index contributed by atoms with van der Waals surface area (Å²) in [7, 11) is 0. The molecule has 0 bridgehead atoms. The average Bonchev–Trinajstić information content (AvgIpc) is 2.54. The molecule has 0 aliphatic carbocycles. The van der Waals surface area contributed by atoms with E-state index in [4.69, 9.17) is 5.11 Å². The van der Waals surface area contributed by atoms with Crippen molar-refractivity contribution in [1.29, 1.82) is 0 Å². The largest absolute Gasteiger partial charge is 0.395 e. The molecule has 0 radical (unpaired) electrons. The van der Waals surface area contributed by atoms with E-state index in [2.05, 4.69) is 35.7 Å². The summed E-state index contributed by atoms with van der Waals surface area (Å²) in [4.78, 5) is 37.2. The van der Waals surface area contributed by atoms with Crippen LogP contribution in [0.15, 0.2) is 39.7 Å². The minimum atomic E-state index is -0.613. The van der Waals surface area contributed by atoms with Gasteiger partial charge in [0.15, 0.2) is 0 Å². The number of hydrogen-bond acceptors (Lipinski definition) is 4. The van der Waals surface area contributed by atoms with Gasteiger partial charge in [0.05, 0.1) is 6.61 Å². The Hall–Kier alpha value is -1.42. The first-order chi connectivity index (χ1) is 11.0. The molecular weight excluding hydrogens is 413 g/mol. The van der Waals surface area contributed by atoms with Crippen molar-refractivity contribution in [2.75, 3.05) is 6.61 Å². The Bertz CT molecular complexity index is 667. The van der Waals surface area contributed by atoms with Crippen LogP contribution in [0.1, 0.15) is 19.3 Å². The summed E-state index contributed by atoms with van der Waals surface area (Å²) < 4.78 is 3.13. The van der Waals surface area contributed by atoms with E-state index in [0.717, 1.165) is 13.7 Å². The topological polar surface area (TPSA) is 86.2 Å². The van der Waals surface area contributed by atoms with E-state index >= 15 is 0 Å². The Morgan fingerprint density at radius 3 is 1.65 bits per heavy atom. The molecule has 1 aromatic rings. The standard InChI is InChI=1S/C15H22IN3O4/c1-3-5-8-17-13(21)18(9-6-4-2)15(23)19(14(17)22)10-7-12(16)11-20/h3-4,12,20H,1-2,5-11H2. The highest BCUT2D eigenvalue weighted by Crippen LogP contribution is 2.04. The van der Waals surface area contributed by atoms with Crippen LogP contribution in [0.4, 0.5) is 0 Å². The van der Waals surface area contributed by atoms with E-state index in [-0.39, 0.29) is 30.2 Å². The second-order valence-corrected chi connectivity index (χ2v) is 6.79. The van der Waals surface area contributed by atoms with Gasteiger partial charge in [0.1, 0.15) is 0 Å². The Kier molecular flexibility index (Phi) is 8.24. The van der Waals surface area contributed by atoms with Gasteiger partial charge in [-0.2, -0.15) is 0 Å². The van der Waals surface area contributed by atoms with Crippen LogP contribution in [0.2, 0.25) is 0 Å². The lowest BCUT2D eigenvalue weighted by Crippen LogP contribution is -2.54. The molecule has 0 amide bonds. The smallest absolute Gasteiger partial charge is 0.336 e. The highest BCUT2D eigenvalue weighted by atomic mass is 127. The van der Waals surface area contributed by atoms with Gasteiger partial charge in [0.25, 0.3) is 0 Å². The first-order valence-electron chi connectivity index (χ1n) is 7.39. The molecule has 0 saturated heterocycles. The van der Waals surface area contributed by atoms with E-state index in [1.807, 2.05) is 0 Å². The zero-order valence-corrected chi connectivity index (χ0v) is 15.1. The molecule has 1 unspecified atom stereocenters. The van der Waals surface area contributed by atoms with Gasteiger partial charge < -0.3 is 5.11 Å². The van der Waals surface area contributed by atoms with E-state index in [1.54, 1.807) is 12.2 Å². The SMILES string of the molecule is C=CCCn1c(=O)n(CCC=C)c(=O)n(CCC(I)CO)c1=O. The summed E-state index contributed by atoms with van der Waals surface area (Å²) in [5, 5.41) is 9.08. The minimum absolute atomic E-state index is 0.0317. The van der Waals surface area contributed by atoms with Crippen molar-refractivity contribution in [2.45, 2.75) is 42.8 Å². The third-order valence-electron chi connectivity index (χ3n) is 3.36. The lowest BCUT2D eigenvalue weighted by atomic mass is 10.3. The molecule has 0 aromatic carbocycles. The summed E-state index contributed by atoms with van der Waals surface area (Å²) in [6, 6.07) is 0. The molecule has 1 rings (SSSR count). The molecule has 8 heteroatoms. The number of allylic oxidation sites excluding steroid dienone is 2. The molecule has 0 aliphatic rings. The highest BCUT2D eigenvalue weighted by Gasteiger charge is 2.15. The van der Waals surface area contributed by atoms with Gasteiger partial charge in [0, 0.05) is 23.6 Å². The molecule has 0 saturated carbocycles. The lowest BCUT2D eigenvalue weighted by Gasteiger charge is -2.14. The number of aliphatic hydroxyl groups is 1. The molecule has 7 nitrogen and oxygen atoms in total. The fraction of sp³-hybridized carbons (Fsp3) is 0.533. The van der Waals surface area contributed by atoms with Crippen LogP contribution in [-0.4, -0.2) is 29.3 Å². The Morgan fingerprint density at radius 1 is 0.913 bits per heavy atom. The third-order valence-corrected chi connectivity index (χ3v) is 4.38. The number of halogens is 1. The number of hydrogen-bond donors (Lipinski definition) is 1. The normalized spacial score (nSPS) is 12.1. The van der Waals surface area contributed by atoms with E-state index in [9.17, 15) is 14.4 Å². The number of aromatic nitrogens is 3. The number of alkyl halides is 1. The van der Waals surface area contributed by atoms with Crippen LogP contribution in [-0.2, 0) is 19.6 Å². The fourth-order valence-corrected chi connectivity index (χ4v) is 2.34. The van der Waals surface area contributed by atoms with Crippen LogP contribution in [0.3, 0.4) is 0 Å². The first kappa shape index (κ1) is 19.6. The van der Waals surface area contributed by atoms with Crippen LogP contribution < -0.4 is 17.1 Å². The maximum atomic E-state index is 12.4. The van der Waals surface area contributed by atoms with Crippen molar-refractivity contribution < 1.29 is 5.11 Å². The molecule has 0 fully saturated rings. The Morgan fingerprint density at radius 2 is 1.30 bits per heavy atom. The molecule has 1 aromatic heterocycles. The van der Waals surface area contributed by atoms with Gasteiger partial charge in [-0.1, -0.05) is 34.7 Å². The van der Waals surface area contributed by atoms with Gasteiger partial charge in [-0.05, 0) is 19.3 Å². The molecular formula is C15H22IN3O4. The van der Waals surface area contributed by atoms with Crippen molar-refractivity contribution in [3.63, 3.8) is 0 Å². The maximum Gasteiger partial charge on any atom is 0.336 e. The van der Waals surface area contributed by atoms with Gasteiger partial charge >= 0.3 is 17.1 Å². The summed E-state index contributed by atoms with van der Waals surface area (Å²) in [5.74, 6) is 0. The quantitative estimate of drug-likeness (QED) is 0.330. The Labute approximate surface area is 147 Å². The van der Waals surface area contributed by atoms with Crippen molar-refractivity contribution in [3.8, 4) is 0 Å². The van der Waals surface area contributed by atoms with Crippen molar-refractivity contribution in [3.05, 3.63) is 56.8 Å². The number of nitrogens with zero attached hydrogens (tertiary/aromatic N) is 3. The predicted octanol–water partition coefficient (Wildman–Crippen LogP) is 0.510.